The average molecular weight is 307 g/mol. The summed E-state index contributed by atoms with van der Waals surface area (Å²) in [5.74, 6) is 0.0290. The normalized spacial score (nSPS) is 16.0. The van der Waals surface area contributed by atoms with Crippen molar-refractivity contribution < 1.29 is 4.79 Å². The number of hydrogen-bond acceptors (Lipinski definition) is 2. The Hall–Kier alpha value is -1.48. The predicted molar refractivity (Wildman–Crippen MR) is 88.7 cm³/mol. The van der Waals surface area contributed by atoms with Crippen LogP contribution in [0.1, 0.15) is 39.0 Å². The van der Waals surface area contributed by atoms with Gasteiger partial charge in [0.25, 0.3) is 0 Å². The van der Waals surface area contributed by atoms with Crippen LogP contribution in [-0.2, 0) is 4.79 Å². The molecule has 1 aliphatic rings. The molecular weight excluding hydrogens is 284 g/mol. The van der Waals surface area contributed by atoms with Crippen LogP contribution in [0.25, 0.3) is 0 Å². The van der Waals surface area contributed by atoms with Crippen molar-refractivity contribution in [1.29, 1.82) is 0 Å². The van der Waals surface area contributed by atoms with Gasteiger partial charge < -0.3 is 10.6 Å². The van der Waals surface area contributed by atoms with E-state index in [1.807, 2.05) is 31.2 Å². The molecule has 0 aliphatic heterocycles. The molecule has 1 unspecified atom stereocenters. The maximum atomic E-state index is 12.0. The smallest absolute Gasteiger partial charge is 0.242 e. The van der Waals surface area contributed by atoms with Crippen molar-refractivity contribution >= 4 is 23.2 Å². The SMILES string of the molecule is CC(Nc1ccc(Cl)cc1)C(=O)NCCC1=CCCCC1. The Balaban J connectivity index is 1.72. The van der Waals surface area contributed by atoms with Gasteiger partial charge in [-0.15, -0.1) is 0 Å². The first kappa shape index (κ1) is 15.9. The van der Waals surface area contributed by atoms with E-state index in [0.717, 1.165) is 18.7 Å². The second-order valence-electron chi connectivity index (χ2n) is 5.52. The lowest BCUT2D eigenvalue weighted by atomic mass is 9.97. The van der Waals surface area contributed by atoms with Crippen molar-refractivity contribution in [1.82, 2.24) is 5.32 Å². The van der Waals surface area contributed by atoms with E-state index in [2.05, 4.69) is 16.7 Å². The van der Waals surface area contributed by atoms with Gasteiger partial charge in [0.15, 0.2) is 0 Å². The summed E-state index contributed by atoms with van der Waals surface area (Å²) in [6.45, 7) is 2.58. The third-order valence-corrected chi connectivity index (χ3v) is 4.00. The van der Waals surface area contributed by atoms with Crippen LogP contribution in [0.2, 0.25) is 5.02 Å². The van der Waals surface area contributed by atoms with Crippen LogP contribution in [-0.4, -0.2) is 18.5 Å². The van der Waals surface area contributed by atoms with Gasteiger partial charge in [-0.2, -0.15) is 0 Å². The molecule has 1 aromatic rings. The Kier molecular flexibility index (Phi) is 6.12. The van der Waals surface area contributed by atoms with Gasteiger partial charge in [0.1, 0.15) is 6.04 Å². The average Bonchev–Trinajstić information content (AvgIpc) is 2.50. The standard InChI is InChI=1S/C17H23ClN2O/c1-13(20-16-9-7-15(18)8-10-16)17(21)19-12-11-14-5-3-2-4-6-14/h5,7-10,13,20H,2-4,6,11-12H2,1H3,(H,19,21). The summed E-state index contributed by atoms with van der Waals surface area (Å²) < 4.78 is 0. The molecule has 3 nitrogen and oxygen atoms in total. The molecule has 21 heavy (non-hydrogen) atoms. The highest BCUT2D eigenvalue weighted by atomic mass is 35.5. The van der Waals surface area contributed by atoms with Crippen molar-refractivity contribution in [2.24, 2.45) is 0 Å². The number of allylic oxidation sites excluding steroid dienone is 1. The van der Waals surface area contributed by atoms with Crippen LogP contribution in [0, 0.1) is 0 Å². The van der Waals surface area contributed by atoms with E-state index in [9.17, 15) is 4.79 Å². The largest absolute Gasteiger partial charge is 0.374 e. The van der Waals surface area contributed by atoms with E-state index in [1.54, 1.807) is 0 Å². The fraction of sp³-hybridized carbons (Fsp3) is 0.471. The monoisotopic (exact) mass is 306 g/mol. The van der Waals surface area contributed by atoms with Crippen LogP contribution in [0.3, 0.4) is 0 Å². The zero-order valence-corrected chi connectivity index (χ0v) is 13.2. The maximum Gasteiger partial charge on any atom is 0.242 e. The predicted octanol–water partition coefficient (Wildman–Crippen LogP) is 4.15. The van der Waals surface area contributed by atoms with Gasteiger partial charge in [-0.3, -0.25) is 4.79 Å². The number of rotatable bonds is 6. The summed E-state index contributed by atoms with van der Waals surface area (Å²) in [6, 6.07) is 7.11. The van der Waals surface area contributed by atoms with E-state index in [4.69, 9.17) is 11.6 Å². The number of carbonyl (C=O) groups excluding carboxylic acids is 1. The number of benzene rings is 1. The Bertz CT molecular complexity index is 496. The summed E-state index contributed by atoms with van der Waals surface area (Å²) in [5.41, 5.74) is 2.39. The Morgan fingerprint density at radius 1 is 1.29 bits per heavy atom. The van der Waals surface area contributed by atoms with Crippen molar-refractivity contribution in [3.05, 3.63) is 40.9 Å². The van der Waals surface area contributed by atoms with Crippen molar-refractivity contribution in [2.45, 2.75) is 45.1 Å². The van der Waals surface area contributed by atoms with Gasteiger partial charge >= 0.3 is 0 Å². The van der Waals surface area contributed by atoms with Gasteiger partial charge in [-0.05, 0) is 63.3 Å². The Morgan fingerprint density at radius 2 is 2.05 bits per heavy atom. The van der Waals surface area contributed by atoms with E-state index in [-0.39, 0.29) is 11.9 Å². The molecule has 1 amide bonds. The van der Waals surface area contributed by atoms with E-state index in [0.29, 0.717) is 5.02 Å². The first-order chi connectivity index (χ1) is 10.1. The lowest BCUT2D eigenvalue weighted by Gasteiger charge is -2.17. The lowest BCUT2D eigenvalue weighted by molar-refractivity contribution is -0.121. The van der Waals surface area contributed by atoms with Crippen molar-refractivity contribution in [2.75, 3.05) is 11.9 Å². The maximum absolute atomic E-state index is 12.0. The topological polar surface area (TPSA) is 41.1 Å². The molecule has 0 spiro atoms. The number of amides is 1. The molecule has 1 atom stereocenters. The highest BCUT2D eigenvalue weighted by Gasteiger charge is 2.12. The summed E-state index contributed by atoms with van der Waals surface area (Å²) in [4.78, 5) is 12.0. The fourth-order valence-corrected chi connectivity index (χ4v) is 2.62. The van der Waals surface area contributed by atoms with Crippen molar-refractivity contribution in [3.63, 3.8) is 0 Å². The summed E-state index contributed by atoms with van der Waals surface area (Å²) in [5, 5.41) is 6.86. The van der Waals surface area contributed by atoms with Crippen LogP contribution < -0.4 is 10.6 Å². The first-order valence-electron chi connectivity index (χ1n) is 7.63. The van der Waals surface area contributed by atoms with E-state index in [1.165, 1.54) is 31.3 Å². The molecule has 1 aliphatic carbocycles. The molecule has 0 saturated heterocycles. The summed E-state index contributed by atoms with van der Waals surface area (Å²) >= 11 is 5.84. The van der Waals surface area contributed by atoms with Crippen LogP contribution in [0.5, 0.6) is 0 Å². The number of halogens is 1. The third-order valence-electron chi connectivity index (χ3n) is 3.75. The van der Waals surface area contributed by atoms with Crippen LogP contribution in [0.15, 0.2) is 35.9 Å². The van der Waals surface area contributed by atoms with Gasteiger partial charge in [0.05, 0.1) is 0 Å². The summed E-state index contributed by atoms with van der Waals surface area (Å²) in [7, 11) is 0. The molecule has 2 N–H and O–H groups in total. The molecule has 4 heteroatoms. The second-order valence-corrected chi connectivity index (χ2v) is 5.96. The molecule has 0 radical (unpaired) electrons. The number of hydrogen-bond donors (Lipinski definition) is 2. The van der Waals surface area contributed by atoms with Gasteiger partial charge in [-0.25, -0.2) is 0 Å². The zero-order chi connectivity index (χ0) is 15.1. The van der Waals surface area contributed by atoms with Gasteiger partial charge in [0, 0.05) is 17.3 Å². The minimum atomic E-state index is -0.258. The number of nitrogens with one attached hydrogen (secondary N) is 2. The first-order valence-corrected chi connectivity index (χ1v) is 8.00. The molecular formula is C17H23ClN2O. The fourth-order valence-electron chi connectivity index (χ4n) is 2.49. The molecule has 0 heterocycles. The summed E-state index contributed by atoms with van der Waals surface area (Å²) in [6.07, 6.45) is 8.27. The van der Waals surface area contributed by atoms with E-state index >= 15 is 0 Å². The quantitative estimate of drug-likeness (QED) is 0.775. The molecule has 0 aromatic heterocycles. The molecule has 1 aromatic carbocycles. The molecule has 0 bridgehead atoms. The minimum absolute atomic E-state index is 0.0290. The highest BCUT2D eigenvalue weighted by molar-refractivity contribution is 6.30. The second kappa shape index (κ2) is 8.08. The van der Waals surface area contributed by atoms with Gasteiger partial charge in [0.2, 0.25) is 5.91 Å². The molecule has 114 valence electrons. The highest BCUT2D eigenvalue weighted by Crippen LogP contribution is 2.19. The van der Waals surface area contributed by atoms with Gasteiger partial charge in [-0.1, -0.05) is 23.3 Å². The Morgan fingerprint density at radius 3 is 2.71 bits per heavy atom. The Labute approximate surface area is 131 Å². The minimum Gasteiger partial charge on any atom is -0.374 e. The number of carbonyl (C=O) groups is 1. The zero-order valence-electron chi connectivity index (χ0n) is 12.5. The lowest BCUT2D eigenvalue weighted by Crippen LogP contribution is -2.38. The molecule has 2 rings (SSSR count). The molecule has 0 saturated carbocycles. The van der Waals surface area contributed by atoms with Crippen LogP contribution in [0.4, 0.5) is 5.69 Å². The third kappa shape index (κ3) is 5.43. The van der Waals surface area contributed by atoms with Crippen molar-refractivity contribution in [3.8, 4) is 0 Å². The van der Waals surface area contributed by atoms with Crippen LogP contribution >= 0.6 is 11.6 Å². The molecule has 0 fully saturated rings. The van der Waals surface area contributed by atoms with E-state index < -0.39 is 0 Å². The number of anilines is 1.